The number of benzene rings is 1. The van der Waals surface area contributed by atoms with Gasteiger partial charge in [-0.05, 0) is 42.5 Å². The number of nitrogens with zero attached hydrogens (tertiary/aromatic N) is 4. The highest BCUT2D eigenvalue weighted by Crippen LogP contribution is 2.44. The number of ether oxygens (including phenoxy) is 1. The fraction of sp³-hybridized carbons (Fsp3) is 0.292. The number of carbonyl (C=O) groups excluding carboxylic acids is 1. The fourth-order valence-electron chi connectivity index (χ4n) is 4.78. The largest absolute Gasteiger partial charge is 0.495 e. The van der Waals surface area contributed by atoms with Gasteiger partial charge in [0.2, 0.25) is 5.91 Å². The van der Waals surface area contributed by atoms with Crippen LogP contribution in [-0.4, -0.2) is 56.8 Å². The van der Waals surface area contributed by atoms with Gasteiger partial charge in [0.25, 0.3) is 0 Å². The van der Waals surface area contributed by atoms with E-state index in [0.717, 1.165) is 37.2 Å². The molecular weight excluding hydrogens is 438 g/mol. The van der Waals surface area contributed by atoms with E-state index in [1.807, 2.05) is 19.2 Å². The number of likely N-dealkylation sites (tertiary alicyclic amines) is 1. The standard InChI is InChI=1S/C24H25N5O3S/c1-4-20(31)28-9-15(8-16(28)11-30)29-10-17(21-23(25)26-12-27-24(21)29)19-7-14-5-13(2)6-18(32-3)22(14)33-19/h4-7,10,12,15-16,30H,1,8-9,11H2,2-3H3,(H2,25,26,27). The molecule has 8 nitrogen and oxygen atoms in total. The van der Waals surface area contributed by atoms with E-state index in [2.05, 4.69) is 33.2 Å². The number of aryl methyl sites for hydroxylation is 1. The average Bonchev–Trinajstić information content (AvgIpc) is 3.52. The number of hydrogen-bond acceptors (Lipinski definition) is 7. The van der Waals surface area contributed by atoms with Crippen LogP contribution in [-0.2, 0) is 4.79 Å². The summed E-state index contributed by atoms with van der Waals surface area (Å²) >= 11 is 1.64. The molecule has 0 aliphatic carbocycles. The van der Waals surface area contributed by atoms with Gasteiger partial charge in [0.15, 0.2) is 0 Å². The van der Waals surface area contributed by atoms with Crippen LogP contribution in [0.15, 0.2) is 43.4 Å². The number of nitrogens with two attached hydrogens (primary N) is 1. The molecule has 2 atom stereocenters. The van der Waals surface area contributed by atoms with Crippen molar-refractivity contribution in [1.82, 2.24) is 19.4 Å². The zero-order valence-corrected chi connectivity index (χ0v) is 19.3. The molecule has 1 saturated heterocycles. The monoisotopic (exact) mass is 463 g/mol. The molecule has 1 amide bonds. The summed E-state index contributed by atoms with van der Waals surface area (Å²) in [5, 5.41) is 11.7. The summed E-state index contributed by atoms with van der Waals surface area (Å²) in [5.74, 6) is 1.06. The van der Waals surface area contributed by atoms with Gasteiger partial charge < -0.3 is 25.0 Å². The third-order valence-corrected chi connectivity index (χ3v) is 7.50. The maximum absolute atomic E-state index is 12.3. The van der Waals surface area contributed by atoms with Crippen molar-refractivity contribution >= 4 is 44.2 Å². The summed E-state index contributed by atoms with van der Waals surface area (Å²) < 4.78 is 8.74. The Balaban J connectivity index is 1.66. The normalized spacial score (nSPS) is 18.3. The van der Waals surface area contributed by atoms with E-state index in [4.69, 9.17) is 10.5 Å². The minimum absolute atomic E-state index is 0.0530. The van der Waals surface area contributed by atoms with E-state index in [1.165, 1.54) is 12.4 Å². The predicted octanol–water partition coefficient (Wildman–Crippen LogP) is 3.53. The minimum Gasteiger partial charge on any atom is -0.495 e. The van der Waals surface area contributed by atoms with Gasteiger partial charge in [-0.1, -0.05) is 12.6 Å². The Morgan fingerprint density at radius 2 is 2.21 bits per heavy atom. The maximum atomic E-state index is 12.3. The van der Waals surface area contributed by atoms with Crippen LogP contribution in [0.2, 0.25) is 0 Å². The minimum atomic E-state index is -0.267. The van der Waals surface area contributed by atoms with Gasteiger partial charge in [0.05, 0.1) is 35.9 Å². The molecule has 4 aromatic rings. The number of methoxy groups -OCH3 is 1. The third-order valence-electron chi connectivity index (χ3n) is 6.30. The van der Waals surface area contributed by atoms with Crippen molar-refractivity contribution < 1.29 is 14.6 Å². The van der Waals surface area contributed by atoms with Crippen LogP contribution in [0.5, 0.6) is 5.75 Å². The number of aromatic nitrogens is 3. The van der Waals surface area contributed by atoms with Gasteiger partial charge in [-0.3, -0.25) is 4.79 Å². The molecular formula is C24H25N5O3S. The van der Waals surface area contributed by atoms with Crippen LogP contribution >= 0.6 is 11.3 Å². The fourth-order valence-corrected chi connectivity index (χ4v) is 5.92. The molecule has 1 aromatic carbocycles. The Kier molecular flexibility index (Phi) is 5.30. The Morgan fingerprint density at radius 1 is 1.39 bits per heavy atom. The van der Waals surface area contributed by atoms with Crippen molar-refractivity contribution in [3.63, 3.8) is 0 Å². The van der Waals surface area contributed by atoms with Crippen LogP contribution in [0.3, 0.4) is 0 Å². The van der Waals surface area contributed by atoms with E-state index in [9.17, 15) is 9.90 Å². The second-order valence-corrected chi connectivity index (χ2v) is 9.38. The van der Waals surface area contributed by atoms with Gasteiger partial charge in [-0.2, -0.15) is 0 Å². The Morgan fingerprint density at radius 3 is 2.94 bits per heavy atom. The summed E-state index contributed by atoms with van der Waals surface area (Å²) in [7, 11) is 1.68. The van der Waals surface area contributed by atoms with Crippen molar-refractivity contribution in [2.24, 2.45) is 0 Å². The van der Waals surface area contributed by atoms with Gasteiger partial charge >= 0.3 is 0 Å². The molecule has 4 heterocycles. The lowest BCUT2D eigenvalue weighted by atomic mass is 10.1. The second kappa shape index (κ2) is 8.17. The Hall–Kier alpha value is -3.43. The molecule has 0 bridgehead atoms. The lowest BCUT2D eigenvalue weighted by Crippen LogP contribution is -2.36. The van der Waals surface area contributed by atoms with Crippen molar-refractivity contribution in [2.75, 3.05) is 26.0 Å². The zero-order chi connectivity index (χ0) is 23.3. The van der Waals surface area contributed by atoms with Crippen molar-refractivity contribution in [2.45, 2.75) is 25.4 Å². The topological polar surface area (TPSA) is 106 Å². The van der Waals surface area contributed by atoms with Crippen LogP contribution < -0.4 is 10.5 Å². The van der Waals surface area contributed by atoms with Gasteiger partial charge in [-0.25, -0.2) is 9.97 Å². The number of thiophene rings is 1. The number of fused-ring (bicyclic) bond motifs is 2. The SMILES string of the molecule is C=CC(=O)N1CC(n2cc(-c3cc4cc(C)cc(OC)c4s3)c3c(N)ncnc32)CC1CO. The third kappa shape index (κ3) is 3.44. The smallest absolute Gasteiger partial charge is 0.246 e. The Labute approximate surface area is 194 Å². The van der Waals surface area contributed by atoms with Crippen LogP contribution in [0, 0.1) is 6.92 Å². The first kappa shape index (κ1) is 21.4. The summed E-state index contributed by atoms with van der Waals surface area (Å²) in [5.41, 5.74) is 9.11. The molecule has 1 aliphatic rings. The highest BCUT2D eigenvalue weighted by atomic mass is 32.1. The maximum Gasteiger partial charge on any atom is 0.246 e. The van der Waals surface area contributed by atoms with E-state index in [1.54, 1.807) is 23.3 Å². The molecule has 9 heteroatoms. The number of anilines is 1. The van der Waals surface area contributed by atoms with Crippen LogP contribution in [0.4, 0.5) is 5.82 Å². The molecule has 0 saturated carbocycles. The molecule has 3 N–H and O–H groups in total. The molecule has 3 aromatic heterocycles. The summed E-state index contributed by atoms with van der Waals surface area (Å²) in [6, 6.07) is 5.99. The molecule has 0 spiro atoms. The number of nitrogen functional groups attached to an aromatic ring is 1. The van der Waals surface area contributed by atoms with E-state index in [-0.39, 0.29) is 24.6 Å². The molecule has 1 aliphatic heterocycles. The number of aliphatic hydroxyl groups excluding tert-OH is 1. The Bertz CT molecular complexity index is 1390. The highest BCUT2D eigenvalue weighted by molar-refractivity contribution is 7.22. The molecule has 2 unspecified atom stereocenters. The van der Waals surface area contributed by atoms with Crippen molar-refractivity contribution in [3.05, 3.63) is 48.9 Å². The molecule has 0 radical (unpaired) electrons. The van der Waals surface area contributed by atoms with Crippen LogP contribution in [0.1, 0.15) is 18.0 Å². The van der Waals surface area contributed by atoms with Gasteiger partial charge in [0.1, 0.15) is 23.5 Å². The number of carbonyl (C=O) groups is 1. The number of amides is 1. The lowest BCUT2D eigenvalue weighted by molar-refractivity contribution is -0.127. The average molecular weight is 464 g/mol. The first-order valence-electron chi connectivity index (χ1n) is 10.7. The number of hydrogen-bond donors (Lipinski definition) is 2. The quantitative estimate of drug-likeness (QED) is 0.439. The zero-order valence-electron chi connectivity index (χ0n) is 18.5. The van der Waals surface area contributed by atoms with E-state index in [0.29, 0.717) is 24.4 Å². The molecule has 1 fully saturated rings. The first-order valence-corrected chi connectivity index (χ1v) is 11.5. The summed E-state index contributed by atoms with van der Waals surface area (Å²) in [6.07, 6.45) is 5.40. The first-order chi connectivity index (χ1) is 15.9. The van der Waals surface area contributed by atoms with Gasteiger partial charge in [-0.15, -0.1) is 11.3 Å². The second-order valence-electron chi connectivity index (χ2n) is 8.32. The van der Waals surface area contributed by atoms with Gasteiger partial charge in [0, 0.05) is 23.2 Å². The van der Waals surface area contributed by atoms with E-state index < -0.39 is 0 Å². The van der Waals surface area contributed by atoms with E-state index >= 15 is 0 Å². The highest BCUT2D eigenvalue weighted by Gasteiger charge is 2.36. The van der Waals surface area contributed by atoms with Crippen molar-refractivity contribution in [1.29, 1.82) is 0 Å². The predicted molar refractivity (Wildman–Crippen MR) is 130 cm³/mol. The summed E-state index contributed by atoms with van der Waals surface area (Å²) in [6.45, 7) is 6.00. The lowest BCUT2D eigenvalue weighted by Gasteiger charge is -2.20. The number of rotatable bonds is 5. The molecule has 170 valence electrons. The van der Waals surface area contributed by atoms with Crippen molar-refractivity contribution in [3.8, 4) is 16.2 Å². The number of aliphatic hydroxyl groups is 1. The molecule has 5 rings (SSSR count). The van der Waals surface area contributed by atoms with Crippen LogP contribution in [0.25, 0.3) is 31.6 Å². The summed E-state index contributed by atoms with van der Waals surface area (Å²) in [4.78, 5) is 23.8. The molecule has 33 heavy (non-hydrogen) atoms.